The predicted molar refractivity (Wildman–Crippen MR) is 66.5 cm³/mol. The van der Waals surface area contributed by atoms with Gasteiger partial charge in [-0.1, -0.05) is 58.3 Å². The number of hydrogen-bond acceptors (Lipinski definition) is 1. The van der Waals surface area contributed by atoms with Gasteiger partial charge in [-0.15, -0.1) is 0 Å². The van der Waals surface area contributed by atoms with Gasteiger partial charge in [-0.2, -0.15) is 4.89 Å². The summed E-state index contributed by atoms with van der Waals surface area (Å²) in [6.07, 6.45) is 13.2. The summed E-state index contributed by atoms with van der Waals surface area (Å²) in [7, 11) is -1.89. The van der Waals surface area contributed by atoms with Crippen molar-refractivity contribution in [2.75, 3.05) is 6.16 Å². The van der Waals surface area contributed by atoms with Crippen molar-refractivity contribution in [3.8, 4) is 0 Å². The van der Waals surface area contributed by atoms with Gasteiger partial charge in [0.05, 0.1) is 0 Å². The van der Waals surface area contributed by atoms with Crippen molar-refractivity contribution in [3.63, 3.8) is 0 Å². The fourth-order valence-corrected chi connectivity index (χ4v) is 2.23. The van der Waals surface area contributed by atoms with E-state index in [2.05, 4.69) is 6.92 Å². The Morgan fingerprint density at radius 3 is 1.56 bits per heavy atom. The molecule has 0 aliphatic heterocycles. The molecule has 0 aromatic heterocycles. The van der Waals surface area contributed by atoms with Gasteiger partial charge in [0, 0.05) is 16.5 Å². The summed E-state index contributed by atoms with van der Waals surface area (Å²) in [5.41, 5.74) is 0. The summed E-state index contributed by atoms with van der Waals surface area (Å²) in [4.78, 5) is 8.58. The third-order valence-corrected chi connectivity index (χ3v) is 3.40. The smallest absolute Gasteiger partial charge is 0.161 e. The van der Waals surface area contributed by atoms with Gasteiger partial charge in [0.15, 0.2) is 6.16 Å². The minimum absolute atomic E-state index is 0. The minimum atomic E-state index is -1.89. The second-order valence-electron chi connectivity index (χ2n) is 4.26. The molecule has 0 spiro atoms. The van der Waals surface area contributed by atoms with Crippen LogP contribution >= 0.6 is 8.03 Å². The molecule has 2 nitrogen and oxygen atoms in total. The van der Waals surface area contributed by atoms with Crippen LogP contribution in [0.15, 0.2) is 0 Å². The van der Waals surface area contributed by atoms with E-state index in [4.69, 9.17) is 4.89 Å². The van der Waals surface area contributed by atoms with E-state index in [-0.39, 0.29) is 16.5 Å². The van der Waals surface area contributed by atoms with E-state index < -0.39 is 8.03 Å². The molecule has 0 aromatic carbocycles. The van der Waals surface area contributed by atoms with Crippen LogP contribution in [-0.2, 0) is 21.1 Å². The van der Waals surface area contributed by atoms with Gasteiger partial charge in [0.1, 0.15) is 0 Å². The Labute approximate surface area is 111 Å². The monoisotopic (exact) mass is 291 g/mol. The van der Waals surface area contributed by atoms with Crippen LogP contribution in [0.3, 0.4) is 0 Å². The molecule has 100 valence electrons. The third kappa shape index (κ3) is 17.0. The first-order valence-corrected chi connectivity index (χ1v) is 7.80. The van der Waals surface area contributed by atoms with Gasteiger partial charge < -0.3 is 0 Å². The largest absolute Gasteiger partial charge is 0.505 e. The van der Waals surface area contributed by atoms with Gasteiger partial charge in [0.25, 0.3) is 0 Å². The molecule has 1 atom stereocenters. The van der Waals surface area contributed by atoms with Crippen molar-refractivity contribution in [1.82, 2.24) is 0 Å². The van der Waals surface area contributed by atoms with Crippen LogP contribution in [0.4, 0.5) is 0 Å². The fourth-order valence-electron chi connectivity index (χ4n) is 1.73. The second kappa shape index (κ2) is 15.6. The molecule has 0 saturated heterocycles. The summed E-state index contributed by atoms with van der Waals surface area (Å²) in [6.45, 7) is 2.24. The van der Waals surface area contributed by atoms with Crippen LogP contribution in [0.5, 0.6) is 0 Å². The first-order chi connectivity index (χ1) is 7.27. The first-order valence-electron chi connectivity index (χ1n) is 6.41. The second-order valence-corrected chi connectivity index (χ2v) is 5.41. The number of hydrogen-bond donors (Lipinski definition) is 1. The first kappa shape index (κ1) is 18.9. The van der Waals surface area contributed by atoms with E-state index >= 15 is 0 Å². The number of rotatable bonds is 11. The van der Waals surface area contributed by atoms with Crippen LogP contribution in [0.2, 0.25) is 0 Å². The molecule has 0 aliphatic rings. The fraction of sp³-hybridized carbons (Fsp3) is 1.00. The maximum Gasteiger partial charge on any atom is 0.505 e. The molecule has 0 radical (unpaired) electrons. The Morgan fingerprint density at radius 2 is 1.19 bits per heavy atom. The van der Waals surface area contributed by atoms with E-state index in [1.807, 2.05) is 0 Å². The van der Waals surface area contributed by atoms with Crippen LogP contribution in [0, 0.1) is 0 Å². The summed E-state index contributed by atoms with van der Waals surface area (Å²) >= 11 is 0. The molecule has 0 rings (SSSR count). The summed E-state index contributed by atoms with van der Waals surface area (Å²) in [5, 5.41) is 0. The zero-order valence-electron chi connectivity index (χ0n) is 10.4. The van der Waals surface area contributed by atoms with E-state index in [1.165, 1.54) is 51.4 Å². The Morgan fingerprint density at radius 1 is 0.812 bits per heavy atom. The van der Waals surface area contributed by atoms with Crippen LogP contribution in [0.1, 0.15) is 71.1 Å². The average molecular weight is 292 g/mol. The van der Waals surface area contributed by atoms with Gasteiger partial charge in [0.2, 0.25) is 0 Å². The Balaban J connectivity index is 0. The van der Waals surface area contributed by atoms with Crippen molar-refractivity contribution < 1.29 is 25.9 Å². The molecule has 0 aliphatic carbocycles. The van der Waals surface area contributed by atoms with Gasteiger partial charge >= 0.3 is 8.03 Å². The molecule has 16 heavy (non-hydrogen) atoms. The molecule has 0 saturated carbocycles. The topological polar surface area (TPSA) is 37.3 Å². The Bertz CT molecular complexity index is 154. The van der Waals surface area contributed by atoms with Crippen LogP contribution in [-0.4, -0.2) is 11.1 Å². The molecule has 0 heterocycles. The molecule has 0 aromatic rings. The number of unbranched alkanes of at least 4 members (excludes halogenated alkanes) is 9. The summed E-state index contributed by atoms with van der Waals surface area (Å²) in [6, 6.07) is 0. The minimum Gasteiger partial charge on any atom is -0.161 e. The Hall–Kier alpha value is 0.554. The maximum atomic E-state index is 10.4. The van der Waals surface area contributed by atoms with Crippen molar-refractivity contribution in [3.05, 3.63) is 0 Å². The van der Waals surface area contributed by atoms with Crippen molar-refractivity contribution in [2.45, 2.75) is 71.1 Å². The van der Waals surface area contributed by atoms with E-state index in [0.717, 1.165) is 12.8 Å². The molecule has 0 amide bonds. The van der Waals surface area contributed by atoms with Crippen molar-refractivity contribution in [2.24, 2.45) is 0 Å². The maximum absolute atomic E-state index is 10.4. The summed E-state index contributed by atoms with van der Waals surface area (Å²) < 4.78 is 10.4. The van der Waals surface area contributed by atoms with Crippen LogP contribution < -0.4 is 0 Å². The van der Waals surface area contributed by atoms with E-state index in [1.54, 1.807) is 0 Å². The molecule has 4 heteroatoms. The van der Waals surface area contributed by atoms with E-state index in [9.17, 15) is 4.57 Å². The summed E-state index contributed by atoms with van der Waals surface area (Å²) in [5.74, 6) is 0. The Kier molecular flexibility index (Phi) is 18.4. The third-order valence-electron chi connectivity index (χ3n) is 2.70. The zero-order valence-corrected chi connectivity index (χ0v) is 12.3. The van der Waals surface area contributed by atoms with Crippen molar-refractivity contribution >= 4 is 8.03 Å². The van der Waals surface area contributed by atoms with Gasteiger partial charge in [-0.05, 0) is 17.4 Å². The molecule has 0 bridgehead atoms. The SMILES string of the molecule is CCCCCCCCCCCC[P+](=O)O.[Ni]. The molecule has 0 fully saturated rings. The molecule has 1 N–H and O–H groups in total. The van der Waals surface area contributed by atoms with Gasteiger partial charge in [-0.25, -0.2) is 0 Å². The quantitative estimate of drug-likeness (QED) is 0.342. The van der Waals surface area contributed by atoms with Crippen LogP contribution in [0.25, 0.3) is 0 Å². The zero-order chi connectivity index (χ0) is 11.4. The standard InChI is InChI=1S/C12H25O2P.Ni/c1-2-3-4-5-6-7-8-9-10-11-12-15(13)14;/h2-12H2,1H3;/p+1. The average Bonchev–Trinajstić information content (AvgIpc) is 2.20. The molecular formula is C12H26NiO2P+. The molecule has 1 unspecified atom stereocenters. The molecular weight excluding hydrogens is 266 g/mol. The van der Waals surface area contributed by atoms with Gasteiger partial charge in [-0.3, -0.25) is 0 Å². The predicted octanol–water partition coefficient (Wildman–Crippen LogP) is 4.64. The van der Waals surface area contributed by atoms with Crippen molar-refractivity contribution in [1.29, 1.82) is 0 Å². The normalized spacial score (nSPS) is 11.0. The van der Waals surface area contributed by atoms with E-state index in [0.29, 0.717) is 6.16 Å².